The number of pyridine rings is 1. The van der Waals surface area contributed by atoms with E-state index in [9.17, 15) is 4.79 Å². The number of methoxy groups -OCH3 is 2. The molecule has 0 unspecified atom stereocenters. The van der Waals surface area contributed by atoms with E-state index in [0.29, 0.717) is 12.3 Å². The van der Waals surface area contributed by atoms with Crippen molar-refractivity contribution in [2.24, 2.45) is 0 Å². The van der Waals surface area contributed by atoms with E-state index >= 15 is 0 Å². The first-order chi connectivity index (χ1) is 13.3. The molecule has 0 aliphatic rings. The zero-order valence-corrected chi connectivity index (χ0v) is 17.4. The summed E-state index contributed by atoms with van der Waals surface area (Å²) in [7, 11) is 3.24. The summed E-state index contributed by atoms with van der Waals surface area (Å²) < 4.78 is 12.6. The number of fused-ring (bicyclic) bond motifs is 1. The summed E-state index contributed by atoms with van der Waals surface area (Å²) in [5, 5.41) is 4.41. The van der Waals surface area contributed by atoms with E-state index < -0.39 is 0 Å². The number of hydrogen-bond acceptors (Lipinski definition) is 4. The zero-order chi connectivity index (χ0) is 20.4. The molecular weight excluding hydrogens is 352 g/mol. The van der Waals surface area contributed by atoms with Crippen molar-refractivity contribution in [3.63, 3.8) is 0 Å². The molecule has 0 saturated carbocycles. The highest BCUT2D eigenvalue weighted by Crippen LogP contribution is 2.29. The van der Waals surface area contributed by atoms with Crippen LogP contribution in [0.4, 0.5) is 5.69 Å². The molecule has 5 heteroatoms. The molecular formula is C23H28N2O3. The molecule has 0 aliphatic carbocycles. The Labute approximate surface area is 165 Å². The van der Waals surface area contributed by atoms with Crippen molar-refractivity contribution in [3.8, 4) is 11.5 Å². The topological polar surface area (TPSA) is 52.5 Å². The smallest absolute Gasteiger partial charge is 0.256 e. The van der Waals surface area contributed by atoms with Gasteiger partial charge in [-0.05, 0) is 74.5 Å². The zero-order valence-electron chi connectivity index (χ0n) is 17.4. The molecule has 148 valence electrons. The first-order valence-electron chi connectivity index (χ1n) is 9.47. The molecule has 0 bridgehead atoms. The largest absolute Gasteiger partial charge is 0.497 e. The lowest BCUT2D eigenvalue weighted by Crippen LogP contribution is -2.27. The van der Waals surface area contributed by atoms with E-state index in [-0.39, 0.29) is 11.6 Å². The molecule has 28 heavy (non-hydrogen) atoms. The van der Waals surface area contributed by atoms with E-state index in [1.54, 1.807) is 14.2 Å². The van der Waals surface area contributed by atoms with Crippen LogP contribution in [0.15, 0.2) is 41.2 Å². The van der Waals surface area contributed by atoms with Crippen LogP contribution in [-0.2, 0) is 6.54 Å². The van der Waals surface area contributed by atoms with Gasteiger partial charge in [-0.2, -0.15) is 0 Å². The predicted molar refractivity (Wildman–Crippen MR) is 115 cm³/mol. The number of rotatable bonds is 6. The Morgan fingerprint density at radius 3 is 2.36 bits per heavy atom. The highest BCUT2D eigenvalue weighted by molar-refractivity contribution is 5.81. The minimum absolute atomic E-state index is 0.0331. The van der Waals surface area contributed by atoms with Crippen LogP contribution in [0.3, 0.4) is 0 Å². The SMILES string of the molecule is COc1ccc(NCc2cc3cc(C)c(C)cc3n(C(C)C)c2=O)c(OC)c1. The number of nitrogens with zero attached hydrogens (tertiary/aromatic N) is 1. The van der Waals surface area contributed by atoms with Gasteiger partial charge in [-0.25, -0.2) is 0 Å². The summed E-state index contributed by atoms with van der Waals surface area (Å²) in [6, 6.07) is 11.9. The number of benzene rings is 2. The Hall–Kier alpha value is -2.95. The van der Waals surface area contributed by atoms with Crippen LogP contribution in [0.25, 0.3) is 10.9 Å². The van der Waals surface area contributed by atoms with Gasteiger partial charge in [0.05, 0.1) is 25.4 Å². The Morgan fingerprint density at radius 1 is 1.00 bits per heavy atom. The second kappa shape index (κ2) is 7.97. The maximum atomic E-state index is 13.2. The average molecular weight is 380 g/mol. The highest BCUT2D eigenvalue weighted by Gasteiger charge is 2.14. The van der Waals surface area contributed by atoms with E-state index in [2.05, 4.69) is 31.3 Å². The molecule has 3 aromatic rings. The van der Waals surface area contributed by atoms with Gasteiger partial charge in [0.15, 0.2) is 0 Å². The second-order valence-electron chi connectivity index (χ2n) is 7.35. The fourth-order valence-corrected chi connectivity index (χ4v) is 3.44. The van der Waals surface area contributed by atoms with Crippen LogP contribution in [-0.4, -0.2) is 18.8 Å². The Morgan fingerprint density at radius 2 is 1.71 bits per heavy atom. The summed E-state index contributed by atoms with van der Waals surface area (Å²) in [6.45, 7) is 8.67. The van der Waals surface area contributed by atoms with Crippen molar-refractivity contribution in [3.05, 3.63) is 63.4 Å². The van der Waals surface area contributed by atoms with E-state index in [0.717, 1.165) is 27.9 Å². The molecule has 0 fully saturated rings. The van der Waals surface area contributed by atoms with E-state index in [1.807, 2.05) is 42.7 Å². The van der Waals surface area contributed by atoms with Crippen molar-refractivity contribution in [1.29, 1.82) is 0 Å². The minimum Gasteiger partial charge on any atom is -0.497 e. The molecule has 1 heterocycles. The number of ether oxygens (including phenoxy) is 2. The summed E-state index contributed by atoms with van der Waals surface area (Å²) in [6.07, 6.45) is 0. The standard InChI is InChI=1S/C23H28N2O3/c1-14(2)25-21-10-16(4)15(3)9-17(21)11-18(23(25)26)13-24-20-8-7-19(27-5)12-22(20)28-6/h7-12,14,24H,13H2,1-6H3. The molecule has 0 spiro atoms. The summed E-state index contributed by atoms with van der Waals surface area (Å²) in [5.41, 5.74) is 4.97. The van der Waals surface area contributed by atoms with Crippen molar-refractivity contribution < 1.29 is 9.47 Å². The lowest BCUT2D eigenvalue weighted by atomic mass is 10.0. The molecule has 3 rings (SSSR count). The highest BCUT2D eigenvalue weighted by atomic mass is 16.5. The van der Waals surface area contributed by atoms with Crippen LogP contribution < -0.4 is 20.3 Å². The number of anilines is 1. The number of aromatic nitrogens is 1. The van der Waals surface area contributed by atoms with Crippen LogP contribution in [0.5, 0.6) is 11.5 Å². The predicted octanol–water partition coefficient (Wildman–Crippen LogP) is 4.83. The minimum atomic E-state index is 0.0331. The Bertz CT molecular complexity index is 1070. The molecule has 1 aromatic heterocycles. The summed E-state index contributed by atoms with van der Waals surface area (Å²) in [5.74, 6) is 1.40. The Kier molecular flexibility index (Phi) is 5.63. The first kappa shape index (κ1) is 19.8. The van der Waals surface area contributed by atoms with Gasteiger partial charge in [-0.1, -0.05) is 0 Å². The van der Waals surface area contributed by atoms with Crippen molar-refractivity contribution in [2.45, 2.75) is 40.3 Å². The number of aryl methyl sites for hydroxylation is 2. The van der Waals surface area contributed by atoms with Gasteiger partial charge < -0.3 is 19.4 Å². The van der Waals surface area contributed by atoms with Gasteiger partial charge in [0, 0.05) is 24.2 Å². The van der Waals surface area contributed by atoms with E-state index in [1.165, 1.54) is 11.1 Å². The van der Waals surface area contributed by atoms with Gasteiger partial charge in [-0.3, -0.25) is 4.79 Å². The average Bonchev–Trinajstić information content (AvgIpc) is 2.67. The summed E-state index contributed by atoms with van der Waals surface area (Å²) in [4.78, 5) is 13.2. The maximum absolute atomic E-state index is 13.2. The van der Waals surface area contributed by atoms with E-state index in [4.69, 9.17) is 9.47 Å². The summed E-state index contributed by atoms with van der Waals surface area (Å²) >= 11 is 0. The quantitative estimate of drug-likeness (QED) is 0.666. The van der Waals surface area contributed by atoms with Gasteiger partial charge in [0.25, 0.3) is 5.56 Å². The molecule has 0 amide bonds. The lowest BCUT2D eigenvalue weighted by Gasteiger charge is -2.18. The van der Waals surface area contributed by atoms with Crippen molar-refractivity contribution >= 4 is 16.6 Å². The lowest BCUT2D eigenvalue weighted by molar-refractivity contribution is 0.395. The van der Waals surface area contributed by atoms with Gasteiger partial charge in [0.1, 0.15) is 11.5 Å². The molecule has 0 aliphatic heterocycles. The maximum Gasteiger partial charge on any atom is 0.256 e. The van der Waals surface area contributed by atoms with Crippen LogP contribution in [0.2, 0.25) is 0 Å². The molecule has 0 atom stereocenters. The second-order valence-corrected chi connectivity index (χ2v) is 7.35. The fourth-order valence-electron chi connectivity index (χ4n) is 3.44. The molecule has 0 radical (unpaired) electrons. The van der Waals surface area contributed by atoms with Gasteiger partial charge in [0.2, 0.25) is 0 Å². The molecule has 0 saturated heterocycles. The van der Waals surface area contributed by atoms with Crippen molar-refractivity contribution in [2.75, 3.05) is 19.5 Å². The monoisotopic (exact) mass is 380 g/mol. The first-order valence-corrected chi connectivity index (χ1v) is 9.47. The number of hydrogen-bond donors (Lipinski definition) is 1. The third-order valence-electron chi connectivity index (χ3n) is 5.12. The third kappa shape index (κ3) is 3.70. The molecule has 5 nitrogen and oxygen atoms in total. The van der Waals surface area contributed by atoms with Crippen LogP contribution in [0, 0.1) is 13.8 Å². The molecule has 1 N–H and O–H groups in total. The fraction of sp³-hybridized carbons (Fsp3) is 0.348. The van der Waals surface area contributed by atoms with Crippen LogP contribution in [0.1, 0.15) is 36.6 Å². The normalized spacial score (nSPS) is 11.1. The van der Waals surface area contributed by atoms with Crippen LogP contribution >= 0.6 is 0 Å². The van der Waals surface area contributed by atoms with Crippen molar-refractivity contribution in [1.82, 2.24) is 4.57 Å². The number of nitrogens with one attached hydrogen (secondary N) is 1. The third-order valence-corrected chi connectivity index (χ3v) is 5.12. The van der Waals surface area contributed by atoms with Gasteiger partial charge >= 0.3 is 0 Å². The Balaban J connectivity index is 2.03. The van der Waals surface area contributed by atoms with Gasteiger partial charge in [-0.15, -0.1) is 0 Å². The molecule has 2 aromatic carbocycles.